The summed E-state index contributed by atoms with van der Waals surface area (Å²) >= 11 is 0. The maximum Gasteiger partial charge on any atom is 0.251 e. The lowest BCUT2D eigenvalue weighted by molar-refractivity contribution is 0.0916. The van der Waals surface area contributed by atoms with Crippen molar-refractivity contribution in [2.24, 2.45) is 0 Å². The van der Waals surface area contributed by atoms with E-state index in [1.165, 1.54) is 48.2 Å². The Hall–Kier alpha value is -2.20. The first-order valence-electron chi connectivity index (χ1n) is 7.97. The van der Waals surface area contributed by atoms with Gasteiger partial charge in [-0.3, -0.25) is 4.79 Å². The highest BCUT2D eigenvalue weighted by Gasteiger charge is 2.14. The molecule has 120 valence electrons. The third-order valence-electron chi connectivity index (χ3n) is 4.32. The molecule has 23 heavy (non-hydrogen) atoms. The van der Waals surface area contributed by atoms with Crippen LogP contribution >= 0.6 is 0 Å². The van der Waals surface area contributed by atoms with Crippen molar-refractivity contribution in [2.75, 3.05) is 6.54 Å². The number of carbonyl (C=O) groups is 1. The number of hydrogen-bond acceptors (Lipinski definition) is 2. The van der Waals surface area contributed by atoms with E-state index in [1.54, 1.807) is 0 Å². The molecule has 0 saturated carbocycles. The number of benzene rings is 2. The van der Waals surface area contributed by atoms with Crippen molar-refractivity contribution in [2.45, 2.75) is 31.8 Å². The Kier molecular flexibility index (Phi) is 4.72. The van der Waals surface area contributed by atoms with E-state index in [2.05, 4.69) is 5.32 Å². The fourth-order valence-corrected chi connectivity index (χ4v) is 2.97. The lowest BCUT2D eigenvalue weighted by Crippen LogP contribution is -2.28. The molecule has 0 radical (unpaired) electrons. The van der Waals surface area contributed by atoms with Gasteiger partial charge in [-0.05, 0) is 66.6 Å². The molecule has 1 unspecified atom stereocenters. The van der Waals surface area contributed by atoms with Gasteiger partial charge in [0.05, 0.1) is 6.10 Å². The normalized spacial score (nSPS) is 14.9. The highest BCUT2D eigenvalue weighted by atomic mass is 19.1. The van der Waals surface area contributed by atoms with Gasteiger partial charge in [-0.15, -0.1) is 0 Å². The highest BCUT2D eigenvalue weighted by Crippen LogP contribution is 2.22. The smallest absolute Gasteiger partial charge is 0.251 e. The van der Waals surface area contributed by atoms with Crippen LogP contribution in [0.4, 0.5) is 4.39 Å². The van der Waals surface area contributed by atoms with Crippen molar-refractivity contribution in [1.82, 2.24) is 5.32 Å². The molecule has 0 heterocycles. The van der Waals surface area contributed by atoms with Gasteiger partial charge in [0.1, 0.15) is 5.82 Å². The van der Waals surface area contributed by atoms with E-state index in [1.807, 2.05) is 18.2 Å². The minimum Gasteiger partial charge on any atom is -0.387 e. The van der Waals surface area contributed by atoms with Gasteiger partial charge < -0.3 is 10.4 Å². The zero-order chi connectivity index (χ0) is 16.2. The minimum absolute atomic E-state index is 0.0988. The molecule has 4 heteroatoms. The van der Waals surface area contributed by atoms with E-state index in [9.17, 15) is 14.3 Å². The van der Waals surface area contributed by atoms with E-state index in [0.29, 0.717) is 11.1 Å². The lowest BCUT2D eigenvalue weighted by atomic mass is 9.90. The number of fused-ring (bicyclic) bond motifs is 1. The van der Waals surface area contributed by atoms with Gasteiger partial charge in [0.25, 0.3) is 5.91 Å². The largest absolute Gasteiger partial charge is 0.387 e. The molecule has 0 aliphatic heterocycles. The van der Waals surface area contributed by atoms with Crippen LogP contribution in [0.15, 0.2) is 42.5 Å². The first kappa shape index (κ1) is 15.7. The summed E-state index contributed by atoms with van der Waals surface area (Å²) in [6.07, 6.45) is 3.64. The summed E-state index contributed by atoms with van der Waals surface area (Å²) in [6, 6.07) is 11.4. The van der Waals surface area contributed by atoms with Crippen molar-refractivity contribution in [3.8, 4) is 0 Å². The average Bonchev–Trinajstić information content (AvgIpc) is 2.59. The Morgan fingerprint density at radius 1 is 1.09 bits per heavy atom. The predicted octanol–water partition coefficient (Wildman–Crippen LogP) is 3.17. The van der Waals surface area contributed by atoms with E-state index in [-0.39, 0.29) is 18.3 Å². The molecule has 1 aliphatic carbocycles. The Morgan fingerprint density at radius 3 is 2.52 bits per heavy atom. The predicted molar refractivity (Wildman–Crippen MR) is 86.8 cm³/mol. The number of halogens is 1. The summed E-state index contributed by atoms with van der Waals surface area (Å²) in [7, 11) is 0. The first-order valence-corrected chi connectivity index (χ1v) is 7.97. The third kappa shape index (κ3) is 3.77. The molecule has 3 rings (SSSR count). The number of aryl methyl sites for hydroxylation is 2. The minimum atomic E-state index is -0.850. The molecule has 1 amide bonds. The first-order chi connectivity index (χ1) is 11.1. The van der Waals surface area contributed by atoms with Crippen molar-refractivity contribution >= 4 is 5.91 Å². The van der Waals surface area contributed by atoms with Crippen LogP contribution in [0.25, 0.3) is 0 Å². The Morgan fingerprint density at radius 2 is 1.78 bits per heavy atom. The number of aliphatic hydroxyl groups excluding tert-OH is 1. The maximum absolute atomic E-state index is 12.9. The van der Waals surface area contributed by atoms with Crippen LogP contribution in [-0.2, 0) is 12.8 Å². The van der Waals surface area contributed by atoms with Crippen LogP contribution in [0.1, 0.15) is 46.0 Å². The Labute approximate surface area is 135 Å². The van der Waals surface area contributed by atoms with Crippen molar-refractivity contribution in [1.29, 1.82) is 0 Å². The molecule has 2 aromatic rings. The van der Waals surface area contributed by atoms with Crippen LogP contribution < -0.4 is 5.32 Å². The van der Waals surface area contributed by atoms with E-state index >= 15 is 0 Å². The molecular formula is C19H20FNO2. The maximum atomic E-state index is 12.9. The van der Waals surface area contributed by atoms with Crippen LogP contribution in [0.2, 0.25) is 0 Å². The van der Waals surface area contributed by atoms with Gasteiger partial charge >= 0.3 is 0 Å². The van der Waals surface area contributed by atoms with Gasteiger partial charge in [0, 0.05) is 12.1 Å². The number of amides is 1. The zero-order valence-corrected chi connectivity index (χ0v) is 12.9. The molecule has 1 atom stereocenters. The molecule has 3 nitrogen and oxygen atoms in total. The van der Waals surface area contributed by atoms with E-state index in [0.717, 1.165) is 12.8 Å². The Bertz CT molecular complexity index is 697. The van der Waals surface area contributed by atoms with Gasteiger partial charge in [-0.2, -0.15) is 0 Å². The second-order valence-corrected chi connectivity index (χ2v) is 5.97. The van der Waals surface area contributed by atoms with Crippen LogP contribution in [0.3, 0.4) is 0 Å². The zero-order valence-electron chi connectivity index (χ0n) is 12.9. The van der Waals surface area contributed by atoms with Crippen molar-refractivity contribution in [3.05, 3.63) is 70.5 Å². The average molecular weight is 313 g/mol. The lowest BCUT2D eigenvalue weighted by Gasteiger charge is -2.17. The molecule has 1 aliphatic rings. The van der Waals surface area contributed by atoms with Gasteiger partial charge in [0.15, 0.2) is 0 Å². The summed E-state index contributed by atoms with van der Waals surface area (Å²) in [4.78, 5) is 12.2. The summed E-state index contributed by atoms with van der Waals surface area (Å²) in [5, 5.41) is 12.8. The third-order valence-corrected chi connectivity index (χ3v) is 4.32. The second kappa shape index (κ2) is 6.92. The monoisotopic (exact) mass is 313 g/mol. The molecule has 0 fully saturated rings. The molecule has 0 spiro atoms. The molecule has 0 bridgehead atoms. The van der Waals surface area contributed by atoms with E-state index < -0.39 is 6.10 Å². The van der Waals surface area contributed by atoms with Gasteiger partial charge in [0.2, 0.25) is 0 Å². The SMILES string of the molecule is O=C(NCC(O)c1ccc(F)cc1)c1ccc2c(c1)CCCC2. The fourth-order valence-electron chi connectivity index (χ4n) is 2.97. The van der Waals surface area contributed by atoms with Crippen LogP contribution in [0.5, 0.6) is 0 Å². The summed E-state index contributed by atoms with van der Waals surface area (Å²) in [5.41, 5.74) is 3.79. The summed E-state index contributed by atoms with van der Waals surface area (Å²) < 4.78 is 12.9. The molecule has 2 aromatic carbocycles. The molecule has 0 saturated heterocycles. The number of rotatable bonds is 4. The molecule has 0 aromatic heterocycles. The van der Waals surface area contributed by atoms with Gasteiger partial charge in [-0.1, -0.05) is 18.2 Å². The number of aliphatic hydroxyl groups is 1. The number of nitrogens with one attached hydrogen (secondary N) is 1. The van der Waals surface area contributed by atoms with E-state index in [4.69, 9.17) is 0 Å². The van der Waals surface area contributed by atoms with Crippen molar-refractivity contribution < 1.29 is 14.3 Å². The number of carbonyl (C=O) groups excluding carboxylic acids is 1. The topological polar surface area (TPSA) is 49.3 Å². The highest BCUT2D eigenvalue weighted by molar-refractivity contribution is 5.94. The fraction of sp³-hybridized carbons (Fsp3) is 0.316. The van der Waals surface area contributed by atoms with Gasteiger partial charge in [-0.25, -0.2) is 4.39 Å². The number of hydrogen-bond donors (Lipinski definition) is 2. The molecular weight excluding hydrogens is 293 g/mol. The van der Waals surface area contributed by atoms with Crippen LogP contribution in [-0.4, -0.2) is 17.6 Å². The summed E-state index contributed by atoms with van der Waals surface area (Å²) in [6.45, 7) is 0.0988. The van der Waals surface area contributed by atoms with Crippen molar-refractivity contribution in [3.63, 3.8) is 0 Å². The quantitative estimate of drug-likeness (QED) is 0.911. The second-order valence-electron chi connectivity index (χ2n) is 5.97. The molecule has 2 N–H and O–H groups in total. The standard InChI is InChI=1S/C19H20FNO2/c20-17-9-7-14(8-10-17)18(22)12-21-19(23)16-6-5-13-3-1-2-4-15(13)11-16/h5-11,18,22H,1-4,12H2,(H,21,23). The summed E-state index contributed by atoms with van der Waals surface area (Å²) in [5.74, 6) is -0.543. The Balaban J connectivity index is 1.61. The van der Waals surface area contributed by atoms with Crippen LogP contribution in [0, 0.1) is 5.82 Å².